The minimum absolute atomic E-state index is 0.277. The van der Waals surface area contributed by atoms with Crippen LogP contribution in [-0.2, 0) is 16.6 Å². The molecule has 4 nitrogen and oxygen atoms in total. The van der Waals surface area contributed by atoms with E-state index in [0.717, 1.165) is 4.88 Å². The largest absolute Gasteiger partial charge is 0.313 e. The Balaban J connectivity index is 2.65. The number of nitrogens with one attached hydrogen (secondary N) is 1. The van der Waals surface area contributed by atoms with Crippen LogP contribution >= 0.6 is 22.9 Å². The lowest BCUT2D eigenvalue weighted by Gasteiger charge is -2.22. The molecule has 0 saturated heterocycles. The van der Waals surface area contributed by atoms with Gasteiger partial charge >= 0.3 is 0 Å². The van der Waals surface area contributed by atoms with Gasteiger partial charge in [0.15, 0.2) is 0 Å². The standard InChI is InChI=1S/C12H21ClN2O2S2/c1-9(2)14-7-10(3)19(16,17)15(4)8-11-5-6-12(13)18-11/h5-6,9-10,14H,7-8H2,1-4H3. The van der Waals surface area contributed by atoms with Crippen molar-refractivity contribution in [3.05, 3.63) is 21.3 Å². The monoisotopic (exact) mass is 324 g/mol. The molecule has 1 rings (SSSR count). The topological polar surface area (TPSA) is 49.4 Å². The molecule has 1 aromatic heterocycles. The molecule has 0 saturated carbocycles. The molecule has 1 heterocycles. The van der Waals surface area contributed by atoms with Crippen molar-refractivity contribution in [1.82, 2.24) is 9.62 Å². The van der Waals surface area contributed by atoms with Crippen LogP contribution in [0.25, 0.3) is 0 Å². The van der Waals surface area contributed by atoms with Gasteiger partial charge in [0, 0.05) is 31.1 Å². The Hall–Kier alpha value is -0.140. The van der Waals surface area contributed by atoms with Gasteiger partial charge in [-0.25, -0.2) is 8.42 Å². The maximum atomic E-state index is 12.3. The summed E-state index contributed by atoms with van der Waals surface area (Å²) in [6, 6.07) is 3.92. The minimum atomic E-state index is -3.29. The van der Waals surface area contributed by atoms with Gasteiger partial charge in [0.05, 0.1) is 9.59 Å². The molecule has 7 heteroatoms. The molecule has 0 spiro atoms. The van der Waals surface area contributed by atoms with Crippen molar-refractivity contribution >= 4 is 33.0 Å². The van der Waals surface area contributed by atoms with Crippen molar-refractivity contribution in [3.63, 3.8) is 0 Å². The molecule has 1 N–H and O–H groups in total. The smallest absolute Gasteiger partial charge is 0.218 e. The number of hydrogen-bond donors (Lipinski definition) is 1. The highest BCUT2D eigenvalue weighted by Gasteiger charge is 2.26. The van der Waals surface area contributed by atoms with Gasteiger partial charge < -0.3 is 5.32 Å². The van der Waals surface area contributed by atoms with Gasteiger partial charge in [-0.3, -0.25) is 0 Å². The van der Waals surface area contributed by atoms with Crippen molar-refractivity contribution in [2.75, 3.05) is 13.6 Å². The van der Waals surface area contributed by atoms with Gasteiger partial charge in [0.2, 0.25) is 10.0 Å². The number of hydrogen-bond acceptors (Lipinski definition) is 4. The van der Waals surface area contributed by atoms with Crippen molar-refractivity contribution in [1.29, 1.82) is 0 Å². The summed E-state index contributed by atoms with van der Waals surface area (Å²) in [5.74, 6) is 0. The molecule has 0 amide bonds. The average molecular weight is 325 g/mol. The quantitative estimate of drug-likeness (QED) is 0.838. The lowest BCUT2D eigenvalue weighted by atomic mass is 10.3. The number of sulfonamides is 1. The molecule has 110 valence electrons. The molecule has 0 radical (unpaired) electrons. The van der Waals surface area contributed by atoms with Crippen LogP contribution in [0.5, 0.6) is 0 Å². The summed E-state index contributed by atoms with van der Waals surface area (Å²) in [7, 11) is -1.68. The molecule has 0 aliphatic carbocycles. The van der Waals surface area contributed by atoms with E-state index in [9.17, 15) is 8.42 Å². The molecule has 0 aliphatic heterocycles. The third kappa shape index (κ3) is 5.04. The second-order valence-corrected chi connectivity index (χ2v) is 9.14. The fourth-order valence-corrected chi connectivity index (χ4v) is 4.02. The number of thiophene rings is 1. The van der Waals surface area contributed by atoms with E-state index < -0.39 is 15.3 Å². The van der Waals surface area contributed by atoms with Gasteiger partial charge in [-0.15, -0.1) is 11.3 Å². The Morgan fingerprint density at radius 1 is 1.37 bits per heavy atom. The predicted molar refractivity (Wildman–Crippen MR) is 82.3 cm³/mol. The van der Waals surface area contributed by atoms with E-state index in [1.165, 1.54) is 15.6 Å². The Morgan fingerprint density at radius 3 is 2.47 bits per heavy atom. The lowest BCUT2D eigenvalue weighted by molar-refractivity contribution is 0.453. The van der Waals surface area contributed by atoms with Crippen molar-refractivity contribution in [2.24, 2.45) is 0 Å². The summed E-state index contributed by atoms with van der Waals surface area (Å²) < 4.78 is 26.7. The second kappa shape index (κ2) is 7.04. The first-order chi connectivity index (χ1) is 8.73. The van der Waals surface area contributed by atoms with Crippen LogP contribution in [-0.4, -0.2) is 37.6 Å². The summed E-state index contributed by atoms with van der Waals surface area (Å²) in [5, 5.41) is 2.70. The van der Waals surface area contributed by atoms with Gasteiger partial charge in [-0.1, -0.05) is 25.4 Å². The molecule has 19 heavy (non-hydrogen) atoms. The predicted octanol–water partition coefficient (Wildman–Crippen LogP) is 2.55. The first-order valence-electron chi connectivity index (χ1n) is 6.16. The Morgan fingerprint density at radius 2 is 2.00 bits per heavy atom. The van der Waals surface area contributed by atoms with E-state index in [4.69, 9.17) is 11.6 Å². The molecule has 1 unspecified atom stereocenters. The highest BCUT2D eigenvalue weighted by Crippen LogP contribution is 2.23. The summed E-state index contributed by atoms with van der Waals surface area (Å²) in [6.45, 7) is 6.54. The third-order valence-electron chi connectivity index (χ3n) is 2.76. The Bertz CT molecular complexity index is 500. The van der Waals surface area contributed by atoms with Gasteiger partial charge in [-0.05, 0) is 19.1 Å². The Kier molecular flexibility index (Phi) is 6.26. The van der Waals surface area contributed by atoms with Gasteiger partial charge in [-0.2, -0.15) is 4.31 Å². The van der Waals surface area contributed by atoms with Crippen molar-refractivity contribution in [2.45, 2.75) is 38.6 Å². The zero-order valence-electron chi connectivity index (χ0n) is 11.7. The van der Waals surface area contributed by atoms with Crippen LogP contribution in [0, 0.1) is 0 Å². The van der Waals surface area contributed by atoms with Crippen LogP contribution in [0.2, 0.25) is 4.34 Å². The fourth-order valence-electron chi connectivity index (χ4n) is 1.56. The molecular weight excluding hydrogens is 304 g/mol. The zero-order chi connectivity index (χ0) is 14.6. The van der Waals surface area contributed by atoms with E-state index in [1.54, 1.807) is 20.0 Å². The lowest BCUT2D eigenvalue weighted by Crippen LogP contribution is -2.41. The maximum absolute atomic E-state index is 12.3. The maximum Gasteiger partial charge on any atom is 0.218 e. The number of halogens is 1. The molecule has 1 atom stereocenters. The number of rotatable bonds is 7. The summed E-state index contributed by atoms with van der Waals surface area (Å²) in [5.41, 5.74) is 0. The molecular formula is C12H21ClN2O2S2. The summed E-state index contributed by atoms with van der Waals surface area (Å²) >= 11 is 7.25. The van der Waals surface area contributed by atoms with E-state index in [0.29, 0.717) is 17.4 Å². The summed E-state index contributed by atoms with van der Waals surface area (Å²) in [4.78, 5) is 0.945. The third-order valence-corrected chi connectivity index (χ3v) is 6.16. The van der Waals surface area contributed by atoms with Crippen molar-refractivity contribution < 1.29 is 8.42 Å². The summed E-state index contributed by atoms with van der Waals surface area (Å²) in [6.07, 6.45) is 0. The normalized spacial score (nSPS) is 14.3. The van der Waals surface area contributed by atoms with Crippen molar-refractivity contribution in [3.8, 4) is 0 Å². The first kappa shape index (κ1) is 16.9. The highest BCUT2D eigenvalue weighted by atomic mass is 35.5. The molecule has 0 aliphatic rings. The van der Waals surface area contributed by atoms with Crippen LogP contribution < -0.4 is 5.32 Å². The molecule has 1 aromatic rings. The van der Waals surface area contributed by atoms with Crippen LogP contribution in [0.15, 0.2) is 12.1 Å². The minimum Gasteiger partial charge on any atom is -0.313 e. The zero-order valence-corrected chi connectivity index (χ0v) is 14.1. The van der Waals surface area contributed by atoms with Gasteiger partial charge in [0.1, 0.15) is 0 Å². The second-order valence-electron chi connectivity index (χ2n) is 4.88. The highest BCUT2D eigenvalue weighted by molar-refractivity contribution is 7.89. The Labute approximate surface area is 124 Å². The fraction of sp³-hybridized carbons (Fsp3) is 0.667. The average Bonchev–Trinajstić information content (AvgIpc) is 2.71. The van der Waals surface area contributed by atoms with Crippen LogP contribution in [0.1, 0.15) is 25.6 Å². The molecule has 0 bridgehead atoms. The van der Waals surface area contributed by atoms with E-state index >= 15 is 0 Å². The van der Waals surface area contributed by atoms with Gasteiger partial charge in [0.25, 0.3) is 0 Å². The van der Waals surface area contributed by atoms with E-state index in [-0.39, 0.29) is 6.04 Å². The SMILES string of the molecule is CC(C)NCC(C)S(=O)(=O)N(C)Cc1ccc(Cl)s1. The molecule has 0 fully saturated rings. The van der Waals surface area contributed by atoms with E-state index in [2.05, 4.69) is 5.32 Å². The van der Waals surface area contributed by atoms with E-state index in [1.807, 2.05) is 19.9 Å². The van der Waals surface area contributed by atoms with Crippen LogP contribution in [0.3, 0.4) is 0 Å². The number of nitrogens with zero attached hydrogens (tertiary/aromatic N) is 1. The van der Waals surface area contributed by atoms with Crippen LogP contribution in [0.4, 0.5) is 0 Å². The molecule has 0 aromatic carbocycles. The first-order valence-corrected chi connectivity index (χ1v) is 8.86.